The normalized spacial score (nSPS) is 17.6. The summed E-state index contributed by atoms with van der Waals surface area (Å²) in [4.78, 5) is 38.5. The molecule has 0 aliphatic carbocycles. The molecule has 212 valence electrons. The van der Waals surface area contributed by atoms with Gasteiger partial charge in [-0.1, -0.05) is 87.7 Å². The largest absolute Gasteiger partial charge is 0.440 e. The molecule has 1 saturated heterocycles. The highest BCUT2D eigenvalue weighted by atomic mass is 35.5. The zero-order chi connectivity index (χ0) is 28.4. The number of unbranched alkanes of at least 4 members (excludes halogenated alkanes) is 1. The molecular weight excluding hydrogens is 518 g/mol. The Kier molecular flexibility index (Phi) is 11.2. The van der Waals surface area contributed by atoms with E-state index in [1.54, 1.807) is 6.07 Å². The maximum atomic E-state index is 13.3. The van der Waals surface area contributed by atoms with E-state index in [0.29, 0.717) is 37.3 Å². The van der Waals surface area contributed by atoms with Crippen molar-refractivity contribution in [3.05, 3.63) is 70.7 Å². The molecule has 0 bridgehead atoms. The van der Waals surface area contributed by atoms with Crippen LogP contribution in [-0.2, 0) is 19.7 Å². The van der Waals surface area contributed by atoms with E-state index in [-0.39, 0.29) is 18.4 Å². The zero-order valence-corrected chi connectivity index (χ0v) is 23.7. The first-order valence-electron chi connectivity index (χ1n) is 13.6. The lowest BCUT2D eigenvalue weighted by molar-refractivity contribution is -0.126. The number of carbonyl (C=O) groups excluding carboxylic acids is 3. The highest BCUT2D eigenvalue weighted by Gasteiger charge is 2.37. The summed E-state index contributed by atoms with van der Waals surface area (Å²) in [6.45, 7) is 6.26. The molecule has 1 aliphatic heterocycles. The van der Waals surface area contributed by atoms with E-state index in [9.17, 15) is 19.5 Å². The van der Waals surface area contributed by atoms with Gasteiger partial charge in [0.25, 0.3) is 0 Å². The quantitative estimate of drug-likeness (QED) is 0.286. The standard InChI is InChI=1S/C30H40ClN3O5/c1-4-5-14-25(28(37)33-24(19-35)17-21-15-16-32-27(21)36)34-29(38)39-26(20-10-7-6-8-11-20)30(2,3)22-12-9-13-23(31)18-22/h6-13,18,21,24-26,35H,4-5,14-17,19H2,1-3H3,(H,32,36)(H,33,37)(H,34,38)/t21-,24-,25-,26+/m0/s1. The Labute approximate surface area is 235 Å². The minimum Gasteiger partial charge on any atom is -0.440 e. The van der Waals surface area contributed by atoms with Crippen LogP contribution in [0.1, 0.15) is 70.1 Å². The van der Waals surface area contributed by atoms with Gasteiger partial charge in [0.2, 0.25) is 11.8 Å². The molecule has 3 amide bonds. The van der Waals surface area contributed by atoms with Crippen molar-refractivity contribution >= 4 is 29.5 Å². The van der Waals surface area contributed by atoms with Crippen molar-refractivity contribution in [3.63, 3.8) is 0 Å². The first-order valence-corrected chi connectivity index (χ1v) is 14.0. The zero-order valence-electron chi connectivity index (χ0n) is 22.9. The second kappa shape index (κ2) is 14.3. The molecule has 3 rings (SSSR count). The van der Waals surface area contributed by atoms with Crippen LogP contribution in [0, 0.1) is 5.92 Å². The molecule has 9 heteroatoms. The summed E-state index contributed by atoms with van der Waals surface area (Å²) in [6, 6.07) is 15.5. The number of amides is 3. The Morgan fingerprint density at radius 1 is 1.15 bits per heavy atom. The minimum atomic E-state index is -0.852. The number of hydrogen-bond acceptors (Lipinski definition) is 5. The van der Waals surface area contributed by atoms with Crippen molar-refractivity contribution in [2.24, 2.45) is 5.92 Å². The number of alkyl carbamates (subject to hydrolysis) is 1. The number of rotatable bonds is 13. The number of aliphatic hydroxyl groups is 1. The van der Waals surface area contributed by atoms with Crippen LogP contribution in [0.5, 0.6) is 0 Å². The average Bonchev–Trinajstić information content (AvgIpc) is 3.33. The summed E-state index contributed by atoms with van der Waals surface area (Å²) in [5.74, 6) is -0.737. The third-order valence-electron chi connectivity index (χ3n) is 7.30. The molecule has 0 unspecified atom stereocenters. The Balaban J connectivity index is 1.75. The number of ether oxygens (including phenoxy) is 1. The van der Waals surface area contributed by atoms with E-state index in [2.05, 4.69) is 16.0 Å². The van der Waals surface area contributed by atoms with Crippen LogP contribution in [0.4, 0.5) is 4.79 Å². The molecule has 2 aromatic rings. The smallest absolute Gasteiger partial charge is 0.408 e. The minimum absolute atomic E-state index is 0.0683. The first kappa shape index (κ1) is 30.4. The van der Waals surface area contributed by atoms with E-state index >= 15 is 0 Å². The van der Waals surface area contributed by atoms with Crippen molar-refractivity contribution in [2.45, 2.75) is 76.5 Å². The molecule has 0 saturated carbocycles. The summed E-state index contributed by atoms with van der Waals surface area (Å²) >= 11 is 6.27. The van der Waals surface area contributed by atoms with E-state index in [1.165, 1.54) is 0 Å². The van der Waals surface area contributed by atoms with Crippen molar-refractivity contribution in [2.75, 3.05) is 13.2 Å². The van der Waals surface area contributed by atoms with Crippen molar-refractivity contribution in [1.29, 1.82) is 0 Å². The van der Waals surface area contributed by atoms with Gasteiger partial charge in [0.1, 0.15) is 12.1 Å². The van der Waals surface area contributed by atoms with Crippen molar-refractivity contribution < 1.29 is 24.2 Å². The molecule has 0 radical (unpaired) electrons. The van der Waals surface area contributed by atoms with Crippen molar-refractivity contribution in [3.8, 4) is 0 Å². The predicted molar refractivity (Wildman–Crippen MR) is 151 cm³/mol. The van der Waals surface area contributed by atoms with Gasteiger partial charge in [0.05, 0.1) is 12.6 Å². The van der Waals surface area contributed by atoms with E-state index in [4.69, 9.17) is 16.3 Å². The summed E-state index contributed by atoms with van der Waals surface area (Å²) in [5.41, 5.74) is 1.07. The lowest BCUT2D eigenvalue weighted by Gasteiger charge is -2.35. The van der Waals surface area contributed by atoms with Gasteiger partial charge in [0.15, 0.2) is 0 Å². The molecule has 8 nitrogen and oxygen atoms in total. The number of aliphatic hydroxyl groups excluding tert-OH is 1. The lowest BCUT2D eigenvalue weighted by Crippen LogP contribution is -2.51. The number of hydrogen-bond donors (Lipinski definition) is 4. The molecular formula is C30H40ClN3O5. The third-order valence-corrected chi connectivity index (χ3v) is 7.54. The number of nitrogens with one attached hydrogen (secondary N) is 3. The summed E-state index contributed by atoms with van der Waals surface area (Å²) in [5, 5.41) is 18.8. The fourth-order valence-corrected chi connectivity index (χ4v) is 5.15. The number of carbonyl (C=O) groups is 3. The van der Waals surface area contributed by atoms with E-state index in [1.807, 2.05) is 69.3 Å². The average molecular weight is 558 g/mol. The summed E-state index contributed by atoms with van der Waals surface area (Å²) < 4.78 is 6.03. The molecule has 0 aromatic heterocycles. The van der Waals surface area contributed by atoms with Crippen LogP contribution in [0.2, 0.25) is 5.02 Å². The van der Waals surface area contributed by atoms with Crippen LogP contribution in [0.3, 0.4) is 0 Å². The van der Waals surface area contributed by atoms with Crippen molar-refractivity contribution in [1.82, 2.24) is 16.0 Å². The van der Waals surface area contributed by atoms with Crippen LogP contribution < -0.4 is 16.0 Å². The molecule has 0 spiro atoms. The molecule has 39 heavy (non-hydrogen) atoms. The van der Waals surface area contributed by atoms with Gasteiger partial charge in [-0.2, -0.15) is 0 Å². The van der Waals surface area contributed by atoms with Crippen LogP contribution in [0.25, 0.3) is 0 Å². The molecule has 1 fully saturated rings. The molecule has 4 atom stereocenters. The highest BCUT2D eigenvalue weighted by Crippen LogP contribution is 2.40. The Hall–Kier alpha value is -3.10. The molecule has 1 heterocycles. The number of halogens is 1. The van der Waals surface area contributed by atoms with Gasteiger partial charge < -0.3 is 25.8 Å². The second-order valence-electron chi connectivity index (χ2n) is 10.7. The van der Waals surface area contributed by atoms with Gasteiger partial charge in [-0.3, -0.25) is 9.59 Å². The topological polar surface area (TPSA) is 117 Å². The fraction of sp³-hybridized carbons (Fsp3) is 0.500. The van der Waals surface area contributed by atoms with Crippen LogP contribution in [-0.4, -0.2) is 48.2 Å². The van der Waals surface area contributed by atoms with Crippen LogP contribution >= 0.6 is 11.6 Å². The Bertz CT molecular complexity index is 1110. The van der Waals surface area contributed by atoms with E-state index < -0.39 is 35.6 Å². The van der Waals surface area contributed by atoms with Gasteiger partial charge >= 0.3 is 6.09 Å². The maximum Gasteiger partial charge on any atom is 0.408 e. The Morgan fingerprint density at radius 3 is 2.51 bits per heavy atom. The van der Waals surface area contributed by atoms with Crippen LogP contribution in [0.15, 0.2) is 54.6 Å². The number of benzene rings is 2. The third kappa shape index (κ3) is 8.44. The first-order chi connectivity index (χ1) is 18.6. The molecule has 2 aromatic carbocycles. The summed E-state index contributed by atoms with van der Waals surface area (Å²) in [6.07, 6.45) is 1.57. The predicted octanol–water partition coefficient (Wildman–Crippen LogP) is 4.65. The Morgan fingerprint density at radius 2 is 1.90 bits per heavy atom. The van der Waals surface area contributed by atoms with Gasteiger partial charge in [-0.05, 0) is 42.5 Å². The van der Waals surface area contributed by atoms with Gasteiger partial charge in [-0.15, -0.1) is 0 Å². The lowest BCUT2D eigenvalue weighted by atomic mass is 9.76. The monoisotopic (exact) mass is 557 g/mol. The SMILES string of the molecule is CCCC[C@H](NC(=O)O[C@H](c1ccccc1)C(C)(C)c1cccc(Cl)c1)C(=O)N[C@H](CO)C[C@@H]1CCNC1=O. The van der Waals surface area contributed by atoms with Gasteiger partial charge in [-0.25, -0.2) is 4.79 Å². The maximum absolute atomic E-state index is 13.3. The molecule has 1 aliphatic rings. The second-order valence-corrected chi connectivity index (χ2v) is 11.1. The highest BCUT2D eigenvalue weighted by molar-refractivity contribution is 6.30. The van der Waals surface area contributed by atoms with Gasteiger partial charge in [0, 0.05) is 22.9 Å². The molecule has 4 N–H and O–H groups in total. The van der Waals surface area contributed by atoms with E-state index in [0.717, 1.165) is 17.5 Å². The summed E-state index contributed by atoms with van der Waals surface area (Å²) in [7, 11) is 0. The fourth-order valence-electron chi connectivity index (χ4n) is 4.96.